The third-order valence-corrected chi connectivity index (χ3v) is 4.24. The van der Waals surface area contributed by atoms with Gasteiger partial charge in [-0.05, 0) is 23.1 Å². The molecule has 2 atom stereocenters. The van der Waals surface area contributed by atoms with Crippen LogP contribution < -0.4 is 0 Å². The SMILES string of the molecule is CS(=O)(=O)OC1CC(c2ccccc2)c2ccccc21. The number of benzene rings is 2. The molecule has 104 valence electrons. The van der Waals surface area contributed by atoms with Crippen molar-refractivity contribution in [3.8, 4) is 0 Å². The van der Waals surface area contributed by atoms with E-state index in [1.54, 1.807) is 0 Å². The maximum Gasteiger partial charge on any atom is 0.264 e. The molecule has 20 heavy (non-hydrogen) atoms. The molecule has 0 fully saturated rings. The van der Waals surface area contributed by atoms with Gasteiger partial charge in [0.2, 0.25) is 0 Å². The highest BCUT2D eigenvalue weighted by Crippen LogP contribution is 2.45. The summed E-state index contributed by atoms with van der Waals surface area (Å²) in [6.07, 6.45) is 1.38. The van der Waals surface area contributed by atoms with Crippen LogP contribution in [-0.2, 0) is 14.3 Å². The van der Waals surface area contributed by atoms with E-state index in [1.165, 1.54) is 5.56 Å². The highest BCUT2D eigenvalue weighted by Gasteiger charge is 2.34. The van der Waals surface area contributed by atoms with E-state index >= 15 is 0 Å². The molecule has 0 N–H and O–H groups in total. The van der Waals surface area contributed by atoms with Crippen molar-refractivity contribution in [2.45, 2.75) is 18.4 Å². The molecular formula is C16H16O3S. The minimum absolute atomic E-state index is 0.194. The molecule has 0 aliphatic heterocycles. The van der Waals surface area contributed by atoms with Crippen LogP contribution >= 0.6 is 0 Å². The van der Waals surface area contributed by atoms with Crippen molar-refractivity contribution in [1.82, 2.24) is 0 Å². The summed E-state index contributed by atoms with van der Waals surface area (Å²) in [4.78, 5) is 0. The van der Waals surface area contributed by atoms with E-state index in [1.807, 2.05) is 36.4 Å². The van der Waals surface area contributed by atoms with Gasteiger partial charge in [-0.25, -0.2) is 0 Å². The quantitative estimate of drug-likeness (QED) is 0.814. The van der Waals surface area contributed by atoms with Crippen LogP contribution in [0.5, 0.6) is 0 Å². The van der Waals surface area contributed by atoms with Gasteiger partial charge in [-0.3, -0.25) is 4.18 Å². The van der Waals surface area contributed by atoms with Gasteiger partial charge in [-0.15, -0.1) is 0 Å². The van der Waals surface area contributed by atoms with Gasteiger partial charge in [0.05, 0.1) is 6.26 Å². The molecule has 4 heteroatoms. The molecule has 0 radical (unpaired) electrons. The largest absolute Gasteiger partial charge is 0.264 e. The molecule has 0 aromatic heterocycles. The molecule has 3 nitrogen and oxygen atoms in total. The van der Waals surface area contributed by atoms with Gasteiger partial charge < -0.3 is 0 Å². The molecule has 2 aromatic carbocycles. The first-order valence-electron chi connectivity index (χ1n) is 6.56. The fraction of sp³-hybridized carbons (Fsp3) is 0.250. The summed E-state index contributed by atoms with van der Waals surface area (Å²) in [6.45, 7) is 0. The normalized spacial score (nSPS) is 21.6. The molecule has 0 heterocycles. The minimum Gasteiger partial charge on any atom is -0.262 e. The zero-order valence-corrected chi connectivity index (χ0v) is 12.0. The van der Waals surface area contributed by atoms with Gasteiger partial charge in [0.15, 0.2) is 0 Å². The lowest BCUT2D eigenvalue weighted by atomic mass is 9.93. The van der Waals surface area contributed by atoms with Crippen LogP contribution in [0.4, 0.5) is 0 Å². The van der Waals surface area contributed by atoms with Crippen molar-refractivity contribution in [3.63, 3.8) is 0 Å². The van der Waals surface area contributed by atoms with E-state index in [4.69, 9.17) is 4.18 Å². The highest BCUT2D eigenvalue weighted by atomic mass is 32.2. The summed E-state index contributed by atoms with van der Waals surface area (Å²) < 4.78 is 28.1. The second kappa shape index (κ2) is 5.04. The van der Waals surface area contributed by atoms with Gasteiger partial charge >= 0.3 is 0 Å². The first-order chi connectivity index (χ1) is 9.54. The third-order valence-electron chi connectivity index (χ3n) is 3.66. The van der Waals surface area contributed by atoms with Crippen LogP contribution in [0.15, 0.2) is 54.6 Å². The van der Waals surface area contributed by atoms with Gasteiger partial charge in [0, 0.05) is 5.92 Å². The average molecular weight is 288 g/mol. The van der Waals surface area contributed by atoms with E-state index in [0.717, 1.165) is 17.4 Å². The highest BCUT2D eigenvalue weighted by molar-refractivity contribution is 7.86. The molecule has 0 spiro atoms. The molecule has 0 amide bonds. The second-order valence-electron chi connectivity index (χ2n) is 5.12. The van der Waals surface area contributed by atoms with Gasteiger partial charge in [0.25, 0.3) is 10.1 Å². The second-order valence-corrected chi connectivity index (χ2v) is 6.72. The minimum atomic E-state index is -3.46. The Morgan fingerprint density at radius 3 is 2.20 bits per heavy atom. The van der Waals surface area contributed by atoms with Crippen molar-refractivity contribution in [2.24, 2.45) is 0 Å². The Bertz CT molecular complexity index is 708. The molecule has 2 aromatic rings. The van der Waals surface area contributed by atoms with Gasteiger partial charge in [0.1, 0.15) is 6.10 Å². The van der Waals surface area contributed by atoms with Crippen molar-refractivity contribution in [3.05, 3.63) is 71.3 Å². The first-order valence-corrected chi connectivity index (χ1v) is 8.38. The number of fused-ring (bicyclic) bond motifs is 1. The van der Waals surface area contributed by atoms with Crippen molar-refractivity contribution in [2.75, 3.05) is 6.26 Å². The standard InChI is InChI=1S/C16H16O3S/c1-20(17,18)19-16-11-15(12-7-3-2-4-8-12)13-9-5-6-10-14(13)16/h2-10,15-16H,11H2,1H3. The summed E-state index contributed by atoms with van der Waals surface area (Å²) in [5.41, 5.74) is 3.33. The predicted molar refractivity (Wildman–Crippen MR) is 78.0 cm³/mol. The number of hydrogen-bond acceptors (Lipinski definition) is 3. The van der Waals surface area contributed by atoms with E-state index in [9.17, 15) is 8.42 Å². The summed E-state index contributed by atoms with van der Waals surface area (Å²) in [5.74, 6) is 0.194. The van der Waals surface area contributed by atoms with E-state index in [0.29, 0.717) is 6.42 Å². The summed E-state index contributed by atoms with van der Waals surface area (Å²) in [7, 11) is -3.46. The van der Waals surface area contributed by atoms with E-state index in [2.05, 4.69) is 18.2 Å². The lowest BCUT2D eigenvalue weighted by Crippen LogP contribution is -2.08. The fourth-order valence-electron chi connectivity index (χ4n) is 2.89. The third kappa shape index (κ3) is 2.62. The van der Waals surface area contributed by atoms with Gasteiger partial charge in [-0.1, -0.05) is 54.6 Å². The lowest BCUT2D eigenvalue weighted by molar-refractivity contribution is 0.213. The lowest BCUT2D eigenvalue weighted by Gasteiger charge is -2.12. The van der Waals surface area contributed by atoms with Crippen LogP contribution in [0.2, 0.25) is 0 Å². The Hall–Kier alpha value is -1.65. The van der Waals surface area contributed by atoms with E-state index < -0.39 is 10.1 Å². The average Bonchev–Trinajstić information content (AvgIpc) is 2.77. The molecule has 2 unspecified atom stereocenters. The zero-order chi connectivity index (χ0) is 14.2. The topological polar surface area (TPSA) is 43.4 Å². The van der Waals surface area contributed by atoms with Crippen molar-refractivity contribution in [1.29, 1.82) is 0 Å². The maximum atomic E-state index is 11.4. The maximum absolute atomic E-state index is 11.4. The molecular weight excluding hydrogens is 272 g/mol. The Morgan fingerprint density at radius 1 is 0.950 bits per heavy atom. The summed E-state index contributed by atoms with van der Waals surface area (Å²) in [5, 5.41) is 0. The van der Waals surface area contributed by atoms with Crippen molar-refractivity contribution >= 4 is 10.1 Å². The Morgan fingerprint density at radius 2 is 1.55 bits per heavy atom. The van der Waals surface area contributed by atoms with Crippen LogP contribution in [0.3, 0.4) is 0 Å². The summed E-state index contributed by atoms with van der Waals surface area (Å²) >= 11 is 0. The first kappa shape index (κ1) is 13.3. The zero-order valence-electron chi connectivity index (χ0n) is 11.2. The van der Waals surface area contributed by atoms with Crippen LogP contribution in [0, 0.1) is 0 Å². The van der Waals surface area contributed by atoms with Crippen LogP contribution in [0.1, 0.15) is 35.1 Å². The Labute approximate surface area is 119 Å². The Balaban J connectivity index is 2.01. The summed E-state index contributed by atoms with van der Waals surface area (Å²) in [6, 6.07) is 18.0. The van der Waals surface area contributed by atoms with Gasteiger partial charge in [-0.2, -0.15) is 8.42 Å². The molecule has 3 rings (SSSR count). The number of hydrogen-bond donors (Lipinski definition) is 0. The molecule has 0 bridgehead atoms. The smallest absolute Gasteiger partial charge is 0.262 e. The number of rotatable bonds is 3. The van der Waals surface area contributed by atoms with Crippen LogP contribution in [0.25, 0.3) is 0 Å². The predicted octanol–water partition coefficient (Wildman–Crippen LogP) is 3.24. The van der Waals surface area contributed by atoms with Crippen molar-refractivity contribution < 1.29 is 12.6 Å². The monoisotopic (exact) mass is 288 g/mol. The molecule has 0 saturated carbocycles. The molecule has 1 aliphatic carbocycles. The Kier molecular flexibility index (Phi) is 3.36. The molecule has 1 aliphatic rings. The molecule has 0 saturated heterocycles. The van der Waals surface area contributed by atoms with E-state index in [-0.39, 0.29) is 12.0 Å². The van der Waals surface area contributed by atoms with Crippen LogP contribution in [-0.4, -0.2) is 14.7 Å². The fourth-order valence-corrected chi connectivity index (χ4v) is 3.50.